The van der Waals surface area contributed by atoms with Gasteiger partial charge in [-0.2, -0.15) is 13.2 Å². The van der Waals surface area contributed by atoms with Crippen molar-refractivity contribution in [2.24, 2.45) is 11.8 Å². The molecule has 1 aromatic carbocycles. The van der Waals surface area contributed by atoms with Crippen molar-refractivity contribution in [1.29, 1.82) is 0 Å². The molecule has 2 aliphatic heterocycles. The van der Waals surface area contributed by atoms with E-state index in [1.54, 1.807) is 20.8 Å². The molecule has 0 saturated carbocycles. The van der Waals surface area contributed by atoms with E-state index in [0.717, 1.165) is 5.56 Å². The maximum absolute atomic E-state index is 13.8. The van der Waals surface area contributed by atoms with Gasteiger partial charge in [-0.3, -0.25) is 4.90 Å². The van der Waals surface area contributed by atoms with E-state index in [4.69, 9.17) is 4.74 Å². The molecule has 28 heavy (non-hydrogen) atoms. The normalized spacial score (nSPS) is 28.9. The average Bonchev–Trinajstić information content (AvgIpc) is 2.54. The van der Waals surface area contributed by atoms with Crippen LogP contribution in [-0.4, -0.2) is 64.6 Å². The number of ether oxygens (including phenoxy) is 1. The number of amides is 1. The van der Waals surface area contributed by atoms with Crippen LogP contribution in [0.3, 0.4) is 0 Å². The Labute approximate surface area is 163 Å². The molecule has 1 aromatic rings. The highest BCUT2D eigenvalue weighted by molar-refractivity contribution is 5.68. The van der Waals surface area contributed by atoms with Crippen LogP contribution in [0, 0.1) is 11.8 Å². The van der Waals surface area contributed by atoms with Crippen LogP contribution in [0.4, 0.5) is 18.0 Å². The summed E-state index contributed by atoms with van der Waals surface area (Å²) in [5.41, 5.74) is -2.52. The molecule has 1 amide bonds. The van der Waals surface area contributed by atoms with Gasteiger partial charge in [0.05, 0.1) is 0 Å². The molecule has 2 bridgehead atoms. The van der Waals surface area contributed by atoms with Crippen LogP contribution < -0.4 is 0 Å². The minimum absolute atomic E-state index is 0.0563. The van der Waals surface area contributed by atoms with E-state index in [9.17, 15) is 23.1 Å². The number of halogens is 3. The first-order chi connectivity index (χ1) is 12.9. The number of likely N-dealkylation sites (tertiary alicyclic amines) is 2. The topological polar surface area (TPSA) is 53.0 Å². The van der Waals surface area contributed by atoms with Crippen molar-refractivity contribution in [3.8, 4) is 0 Å². The Morgan fingerprint density at radius 3 is 2.11 bits per heavy atom. The molecule has 2 atom stereocenters. The summed E-state index contributed by atoms with van der Waals surface area (Å²) in [4.78, 5) is 15.6. The number of hydrogen-bond acceptors (Lipinski definition) is 4. The fourth-order valence-electron chi connectivity index (χ4n) is 4.22. The van der Waals surface area contributed by atoms with Gasteiger partial charge in [-0.05, 0) is 26.3 Å². The van der Waals surface area contributed by atoms with Crippen molar-refractivity contribution < 1.29 is 27.8 Å². The van der Waals surface area contributed by atoms with E-state index >= 15 is 0 Å². The highest BCUT2D eigenvalue weighted by atomic mass is 19.4. The fourth-order valence-corrected chi connectivity index (χ4v) is 4.22. The van der Waals surface area contributed by atoms with Gasteiger partial charge in [-0.15, -0.1) is 0 Å². The molecule has 2 unspecified atom stereocenters. The van der Waals surface area contributed by atoms with Crippen LogP contribution in [0.1, 0.15) is 26.3 Å². The predicted octanol–water partition coefficient (Wildman–Crippen LogP) is 3.28. The standard InChI is InChI=1S/C20H27F3N2O3/c1-18(2,3)28-17(26)25-12-15-10-24(9-14-7-5-4-6-8-14)11-16(13-25)19(15,27)20(21,22)23/h4-8,15-16,27H,9-13H2,1-3H3. The number of benzene rings is 1. The number of fused-ring (bicyclic) bond motifs is 2. The van der Waals surface area contributed by atoms with E-state index in [1.165, 1.54) is 4.90 Å². The molecule has 2 aliphatic rings. The van der Waals surface area contributed by atoms with Gasteiger partial charge in [0.15, 0.2) is 5.60 Å². The van der Waals surface area contributed by atoms with Crippen LogP contribution in [-0.2, 0) is 11.3 Å². The number of carbonyl (C=O) groups excluding carboxylic acids is 1. The van der Waals surface area contributed by atoms with Gasteiger partial charge < -0.3 is 14.7 Å². The Morgan fingerprint density at radius 2 is 1.64 bits per heavy atom. The summed E-state index contributed by atoms with van der Waals surface area (Å²) < 4.78 is 46.7. The number of alkyl halides is 3. The highest BCUT2D eigenvalue weighted by Crippen LogP contribution is 2.48. The van der Waals surface area contributed by atoms with Gasteiger partial charge in [0, 0.05) is 44.6 Å². The molecule has 0 aliphatic carbocycles. The number of aliphatic hydroxyl groups is 1. The Bertz CT molecular complexity index is 687. The lowest BCUT2D eigenvalue weighted by molar-refractivity contribution is -0.323. The third-order valence-electron chi connectivity index (χ3n) is 5.44. The monoisotopic (exact) mass is 400 g/mol. The fraction of sp³-hybridized carbons (Fsp3) is 0.650. The largest absolute Gasteiger partial charge is 0.444 e. The number of carbonyl (C=O) groups is 1. The molecule has 0 spiro atoms. The van der Waals surface area contributed by atoms with Crippen LogP contribution in [0.15, 0.2) is 30.3 Å². The van der Waals surface area contributed by atoms with Gasteiger partial charge in [0.25, 0.3) is 0 Å². The van der Waals surface area contributed by atoms with Crippen molar-refractivity contribution in [3.05, 3.63) is 35.9 Å². The van der Waals surface area contributed by atoms with E-state index in [1.807, 2.05) is 35.2 Å². The molecule has 0 radical (unpaired) electrons. The molecule has 0 aromatic heterocycles. The molecule has 2 heterocycles. The second-order valence-corrected chi connectivity index (χ2v) is 8.78. The van der Waals surface area contributed by atoms with E-state index < -0.39 is 35.3 Å². The Balaban J connectivity index is 1.80. The summed E-state index contributed by atoms with van der Waals surface area (Å²) in [6.45, 7) is 5.38. The molecule has 3 rings (SSSR count). The van der Waals surface area contributed by atoms with E-state index in [0.29, 0.717) is 6.54 Å². The summed E-state index contributed by atoms with van der Waals surface area (Å²) in [6.07, 6.45) is -5.38. The van der Waals surface area contributed by atoms with Crippen LogP contribution in [0.2, 0.25) is 0 Å². The average molecular weight is 400 g/mol. The summed E-state index contributed by atoms with van der Waals surface area (Å²) in [5.74, 6) is -2.26. The first kappa shape index (κ1) is 20.9. The first-order valence-corrected chi connectivity index (χ1v) is 9.43. The van der Waals surface area contributed by atoms with Crippen molar-refractivity contribution >= 4 is 6.09 Å². The number of piperidine rings is 2. The lowest BCUT2D eigenvalue weighted by Crippen LogP contribution is -2.72. The Kier molecular flexibility index (Phi) is 5.40. The molecular weight excluding hydrogens is 373 g/mol. The summed E-state index contributed by atoms with van der Waals surface area (Å²) >= 11 is 0. The molecule has 2 fully saturated rings. The van der Waals surface area contributed by atoms with Crippen LogP contribution >= 0.6 is 0 Å². The molecule has 8 heteroatoms. The predicted molar refractivity (Wildman–Crippen MR) is 97.5 cm³/mol. The molecule has 5 nitrogen and oxygen atoms in total. The van der Waals surface area contributed by atoms with Crippen molar-refractivity contribution in [2.75, 3.05) is 26.2 Å². The quantitative estimate of drug-likeness (QED) is 0.828. The summed E-state index contributed by atoms with van der Waals surface area (Å²) in [5, 5.41) is 10.7. The molecular formula is C20H27F3N2O3. The first-order valence-electron chi connectivity index (χ1n) is 9.43. The zero-order chi connectivity index (χ0) is 20.7. The van der Waals surface area contributed by atoms with E-state index in [-0.39, 0.29) is 26.2 Å². The van der Waals surface area contributed by atoms with Gasteiger partial charge in [-0.1, -0.05) is 30.3 Å². The second-order valence-electron chi connectivity index (χ2n) is 8.78. The number of nitrogens with zero attached hydrogens (tertiary/aromatic N) is 2. The van der Waals surface area contributed by atoms with Gasteiger partial charge in [0.1, 0.15) is 5.60 Å². The second kappa shape index (κ2) is 7.22. The maximum atomic E-state index is 13.8. The SMILES string of the molecule is CC(C)(C)OC(=O)N1CC2CN(Cc3ccccc3)CC(C1)C2(O)C(F)(F)F. The van der Waals surface area contributed by atoms with Gasteiger partial charge >= 0.3 is 12.3 Å². The maximum Gasteiger partial charge on any atom is 0.417 e. The smallest absolute Gasteiger partial charge is 0.417 e. The Morgan fingerprint density at radius 1 is 1.11 bits per heavy atom. The molecule has 2 saturated heterocycles. The summed E-state index contributed by atoms with van der Waals surface area (Å²) in [6, 6.07) is 9.50. The van der Waals surface area contributed by atoms with Crippen LogP contribution in [0.25, 0.3) is 0 Å². The minimum Gasteiger partial charge on any atom is -0.444 e. The molecule has 156 valence electrons. The van der Waals surface area contributed by atoms with Crippen molar-refractivity contribution in [3.63, 3.8) is 0 Å². The van der Waals surface area contributed by atoms with Crippen LogP contribution in [0.5, 0.6) is 0 Å². The highest BCUT2D eigenvalue weighted by Gasteiger charge is 2.67. The zero-order valence-corrected chi connectivity index (χ0v) is 16.4. The molecule has 1 N–H and O–H groups in total. The van der Waals surface area contributed by atoms with Gasteiger partial charge in [0.2, 0.25) is 0 Å². The van der Waals surface area contributed by atoms with Crippen molar-refractivity contribution in [1.82, 2.24) is 9.80 Å². The third-order valence-corrected chi connectivity index (χ3v) is 5.44. The lowest BCUT2D eigenvalue weighted by Gasteiger charge is -2.55. The number of rotatable bonds is 2. The summed E-state index contributed by atoms with van der Waals surface area (Å²) in [7, 11) is 0. The van der Waals surface area contributed by atoms with E-state index in [2.05, 4.69) is 0 Å². The lowest BCUT2D eigenvalue weighted by atomic mass is 9.69. The number of hydrogen-bond donors (Lipinski definition) is 1. The minimum atomic E-state index is -4.75. The van der Waals surface area contributed by atoms with Gasteiger partial charge in [-0.25, -0.2) is 4.79 Å². The zero-order valence-electron chi connectivity index (χ0n) is 16.4. The Hall–Kier alpha value is -1.80. The van der Waals surface area contributed by atoms with Crippen molar-refractivity contribution in [2.45, 2.75) is 44.7 Å². The third kappa shape index (κ3) is 4.12.